The molecule has 0 aliphatic rings. The fourth-order valence-corrected chi connectivity index (χ4v) is 2.20. The molecule has 1 unspecified atom stereocenters. The maximum Gasteiger partial charge on any atom is 0.433 e. The van der Waals surface area contributed by atoms with Crippen LogP contribution in [0.4, 0.5) is 13.2 Å². The Morgan fingerprint density at radius 3 is 2.52 bits per heavy atom. The topological polar surface area (TPSA) is 50.9 Å². The van der Waals surface area contributed by atoms with Gasteiger partial charge in [0.2, 0.25) is 0 Å². The SMILES string of the molecule is CCc1cc(C(O)c2ccc(C(F)(F)F)nc2Cl)n(C)n1. The smallest absolute Gasteiger partial charge is 0.382 e. The molecule has 21 heavy (non-hydrogen) atoms. The zero-order chi connectivity index (χ0) is 15.8. The fraction of sp³-hybridized carbons (Fsp3) is 0.385. The van der Waals surface area contributed by atoms with Gasteiger partial charge in [0.1, 0.15) is 17.0 Å². The molecule has 2 aromatic heterocycles. The standard InChI is InChI=1S/C13H13ClF3N3O/c1-3-7-6-9(20(2)19-7)11(21)8-4-5-10(13(15,16)17)18-12(8)14/h4-6,11,21H,3H2,1-2H3. The van der Waals surface area contributed by atoms with E-state index in [2.05, 4.69) is 10.1 Å². The number of aliphatic hydroxyl groups is 1. The lowest BCUT2D eigenvalue weighted by atomic mass is 10.1. The highest BCUT2D eigenvalue weighted by atomic mass is 35.5. The number of aryl methyl sites for hydroxylation is 2. The first-order chi connectivity index (χ1) is 9.74. The van der Waals surface area contributed by atoms with Gasteiger partial charge in [-0.05, 0) is 18.6 Å². The third-order valence-corrected chi connectivity index (χ3v) is 3.37. The van der Waals surface area contributed by atoms with Crippen LogP contribution >= 0.6 is 11.6 Å². The number of hydrogen-bond acceptors (Lipinski definition) is 3. The second-order valence-electron chi connectivity index (χ2n) is 4.51. The molecule has 0 amide bonds. The van der Waals surface area contributed by atoms with E-state index in [9.17, 15) is 18.3 Å². The third kappa shape index (κ3) is 3.19. The summed E-state index contributed by atoms with van der Waals surface area (Å²) in [7, 11) is 1.64. The van der Waals surface area contributed by atoms with Crippen molar-refractivity contribution in [3.05, 3.63) is 46.0 Å². The Bertz CT molecular complexity index is 655. The van der Waals surface area contributed by atoms with Crippen LogP contribution in [-0.2, 0) is 19.6 Å². The van der Waals surface area contributed by atoms with Crippen LogP contribution in [-0.4, -0.2) is 19.9 Å². The number of alkyl halides is 3. The lowest BCUT2D eigenvalue weighted by molar-refractivity contribution is -0.141. The molecule has 2 heterocycles. The summed E-state index contributed by atoms with van der Waals surface area (Å²) in [5.74, 6) is 0. The van der Waals surface area contributed by atoms with E-state index in [1.54, 1.807) is 13.1 Å². The van der Waals surface area contributed by atoms with E-state index in [1.807, 2.05) is 6.92 Å². The number of rotatable bonds is 3. The molecular weight excluding hydrogens is 307 g/mol. The normalized spacial score (nSPS) is 13.5. The van der Waals surface area contributed by atoms with Crippen molar-refractivity contribution >= 4 is 11.6 Å². The summed E-state index contributed by atoms with van der Waals surface area (Å²) in [4.78, 5) is 3.30. The Morgan fingerprint density at radius 2 is 2.05 bits per heavy atom. The van der Waals surface area contributed by atoms with Crippen molar-refractivity contribution in [2.75, 3.05) is 0 Å². The minimum Gasteiger partial charge on any atom is -0.382 e. The molecule has 8 heteroatoms. The first-order valence-corrected chi connectivity index (χ1v) is 6.56. The number of aromatic nitrogens is 3. The molecule has 114 valence electrons. The molecule has 0 aromatic carbocycles. The molecule has 0 saturated heterocycles. The van der Waals surface area contributed by atoms with Crippen molar-refractivity contribution in [1.82, 2.24) is 14.8 Å². The summed E-state index contributed by atoms with van der Waals surface area (Å²) in [5.41, 5.74) is 0.218. The van der Waals surface area contributed by atoms with E-state index in [0.717, 1.165) is 17.8 Å². The Hall–Kier alpha value is -1.60. The van der Waals surface area contributed by atoms with Crippen molar-refractivity contribution < 1.29 is 18.3 Å². The number of halogens is 4. The van der Waals surface area contributed by atoms with E-state index in [1.165, 1.54) is 4.68 Å². The van der Waals surface area contributed by atoms with Crippen LogP contribution < -0.4 is 0 Å². The molecule has 0 spiro atoms. The largest absolute Gasteiger partial charge is 0.433 e. The summed E-state index contributed by atoms with van der Waals surface area (Å²) < 4.78 is 39.1. The van der Waals surface area contributed by atoms with Crippen molar-refractivity contribution in [2.45, 2.75) is 25.6 Å². The zero-order valence-corrected chi connectivity index (χ0v) is 12.1. The van der Waals surface area contributed by atoms with Crippen LogP contribution in [0, 0.1) is 0 Å². The first-order valence-electron chi connectivity index (χ1n) is 6.18. The molecule has 2 rings (SSSR count). The molecule has 2 aromatic rings. The van der Waals surface area contributed by atoms with Crippen LogP contribution in [0.25, 0.3) is 0 Å². The van der Waals surface area contributed by atoms with Crippen LogP contribution in [0.3, 0.4) is 0 Å². The number of aliphatic hydroxyl groups excluding tert-OH is 1. The highest BCUT2D eigenvalue weighted by molar-refractivity contribution is 6.30. The van der Waals surface area contributed by atoms with Gasteiger partial charge in [0.05, 0.1) is 11.4 Å². The van der Waals surface area contributed by atoms with Gasteiger partial charge >= 0.3 is 6.18 Å². The fourth-order valence-electron chi connectivity index (χ4n) is 1.94. The average Bonchev–Trinajstić information content (AvgIpc) is 2.78. The number of hydrogen-bond donors (Lipinski definition) is 1. The molecule has 0 radical (unpaired) electrons. The van der Waals surface area contributed by atoms with E-state index in [4.69, 9.17) is 11.6 Å². The van der Waals surface area contributed by atoms with E-state index < -0.39 is 18.0 Å². The summed E-state index contributed by atoms with van der Waals surface area (Å²) in [6.45, 7) is 1.91. The van der Waals surface area contributed by atoms with Gasteiger partial charge in [0.15, 0.2) is 0 Å². The molecule has 0 bridgehead atoms. The van der Waals surface area contributed by atoms with Crippen molar-refractivity contribution in [3.63, 3.8) is 0 Å². The van der Waals surface area contributed by atoms with Crippen molar-refractivity contribution in [3.8, 4) is 0 Å². The highest BCUT2D eigenvalue weighted by Crippen LogP contribution is 2.32. The predicted molar refractivity (Wildman–Crippen MR) is 70.9 cm³/mol. The molecule has 4 nitrogen and oxygen atoms in total. The second-order valence-corrected chi connectivity index (χ2v) is 4.87. The van der Waals surface area contributed by atoms with Gasteiger partial charge < -0.3 is 5.11 Å². The van der Waals surface area contributed by atoms with Crippen LogP contribution in [0.1, 0.15) is 35.7 Å². The van der Waals surface area contributed by atoms with Gasteiger partial charge in [-0.25, -0.2) is 4.98 Å². The van der Waals surface area contributed by atoms with Crippen molar-refractivity contribution in [2.24, 2.45) is 7.05 Å². The second kappa shape index (κ2) is 5.65. The molecule has 1 N–H and O–H groups in total. The number of pyridine rings is 1. The summed E-state index contributed by atoms with van der Waals surface area (Å²) in [6, 6.07) is 3.60. The Labute approximate surface area is 124 Å². The molecule has 0 aliphatic carbocycles. The Morgan fingerprint density at radius 1 is 1.38 bits per heavy atom. The van der Waals surface area contributed by atoms with Gasteiger partial charge in [-0.15, -0.1) is 0 Å². The first kappa shape index (κ1) is 15.8. The number of nitrogens with zero attached hydrogens (tertiary/aromatic N) is 3. The lowest BCUT2D eigenvalue weighted by Crippen LogP contribution is -2.11. The van der Waals surface area contributed by atoms with E-state index in [-0.39, 0.29) is 10.7 Å². The van der Waals surface area contributed by atoms with Crippen LogP contribution in [0.15, 0.2) is 18.2 Å². The van der Waals surface area contributed by atoms with Gasteiger partial charge in [-0.3, -0.25) is 4.68 Å². The molecular formula is C13H13ClF3N3O. The quantitative estimate of drug-likeness (QED) is 0.884. The Balaban J connectivity index is 2.39. The average molecular weight is 320 g/mol. The van der Waals surface area contributed by atoms with Gasteiger partial charge in [0.25, 0.3) is 0 Å². The summed E-state index contributed by atoms with van der Waals surface area (Å²) in [5, 5.41) is 14.1. The minimum atomic E-state index is -4.57. The Kier molecular flexibility index (Phi) is 4.25. The highest BCUT2D eigenvalue weighted by Gasteiger charge is 2.33. The van der Waals surface area contributed by atoms with E-state index >= 15 is 0 Å². The minimum absolute atomic E-state index is 0.107. The zero-order valence-electron chi connectivity index (χ0n) is 11.3. The van der Waals surface area contributed by atoms with Crippen molar-refractivity contribution in [1.29, 1.82) is 0 Å². The summed E-state index contributed by atoms with van der Waals surface area (Å²) >= 11 is 5.77. The van der Waals surface area contributed by atoms with Crippen LogP contribution in [0.2, 0.25) is 5.15 Å². The third-order valence-electron chi connectivity index (χ3n) is 3.07. The predicted octanol–water partition coefficient (Wildman–Crippen LogP) is 3.13. The maximum absolute atomic E-state index is 12.5. The summed E-state index contributed by atoms with van der Waals surface area (Å²) in [6.07, 6.45) is -5.08. The van der Waals surface area contributed by atoms with Gasteiger partial charge in [-0.1, -0.05) is 24.6 Å². The van der Waals surface area contributed by atoms with Gasteiger partial charge in [-0.2, -0.15) is 18.3 Å². The molecule has 0 aliphatic heterocycles. The lowest BCUT2D eigenvalue weighted by Gasteiger charge is -2.14. The van der Waals surface area contributed by atoms with Gasteiger partial charge in [0, 0.05) is 12.6 Å². The van der Waals surface area contributed by atoms with Crippen LogP contribution in [0.5, 0.6) is 0 Å². The maximum atomic E-state index is 12.5. The molecule has 0 fully saturated rings. The molecule has 0 saturated carbocycles. The van der Waals surface area contributed by atoms with E-state index in [0.29, 0.717) is 12.1 Å². The monoisotopic (exact) mass is 319 g/mol. The molecule has 1 atom stereocenters.